The van der Waals surface area contributed by atoms with Crippen LogP contribution in [0.5, 0.6) is 0 Å². The van der Waals surface area contributed by atoms with E-state index >= 15 is 0 Å². The van der Waals surface area contributed by atoms with Crippen molar-refractivity contribution in [3.8, 4) is 0 Å². The summed E-state index contributed by atoms with van der Waals surface area (Å²) in [7, 11) is -11.8. The van der Waals surface area contributed by atoms with Crippen LogP contribution in [0.15, 0.2) is 0 Å². The van der Waals surface area contributed by atoms with Gasteiger partial charge in [0.2, 0.25) is 20.8 Å². The Morgan fingerprint density at radius 1 is 0.682 bits per heavy atom. The molecule has 2 aliphatic rings. The van der Waals surface area contributed by atoms with Crippen molar-refractivity contribution in [1.82, 2.24) is 0 Å². The molecular formula is C21H42O19S4. The van der Waals surface area contributed by atoms with E-state index in [-0.39, 0.29) is 29.6 Å². The Kier molecular flexibility index (Phi) is 17.7. The summed E-state index contributed by atoms with van der Waals surface area (Å²) in [4.78, 5) is 0. The molecule has 0 aromatic carbocycles. The Hall–Kier alpha value is -0.0000000000000000971. The maximum atomic E-state index is 10.7. The highest BCUT2D eigenvalue weighted by Gasteiger charge is 2.52. The van der Waals surface area contributed by atoms with Crippen molar-refractivity contribution in [3.63, 3.8) is 0 Å². The second-order valence-electron chi connectivity index (χ2n) is 10.3. The summed E-state index contributed by atoms with van der Waals surface area (Å²) in [5.74, 6) is -0.369. The molecule has 0 bridgehead atoms. The second kappa shape index (κ2) is 18.5. The van der Waals surface area contributed by atoms with E-state index in [1.54, 1.807) is 0 Å². The molecule has 0 aromatic rings. The van der Waals surface area contributed by atoms with E-state index in [1.165, 1.54) is 6.92 Å². The van der Waals surface area contributed by atoms with Gasteiger partial charge in [-0.15, -0.1) is 0 Å². The van der Waals surface area contributed by atoms with Crippen LogP contribution in [0, 0.1) is 5.92 Å². The van der Waals surface area contributed by atoms with Crippen molar-refractivity contribution < 1.29 is 90.5 Å². The lowest BCUT2D eigenvalue weighted by molar-refractivity contribution is -0.0567. The molecule has 11 N–H and O–H groups in total. The molecule has 2 rings (SSSR count). The minimum absolute atomic E-state index is 0.0650. The van der Waals surface area contributed by atoms with Gasteiger partial charge in [-0.05, 0) is 10.9 Å². The summed E-state index contributed by atoms with van der Waals surface area (Å²) in [5.41, 5.74) is 0. The molecule has 19 nitrogen and oxygen atoms in total. The topological polar surface area (TPSA) is 355 Å². The summed E-state index contributed by atoms with van der Waals surface area (Å²) in [6.45, 7) is -1.01. The first-order valence-electron chi connectivity index (χ1n) is 13.0. The van der Waals surface area contributed by atoms with Crippen LogP contribution in [-0.4, -0.2) is 197 Å². The Balaban J connectivity index is 0.000000440. The first-order chi connectivity index (χ1) is 20.2. The van der Waals surface area contributed by atoms with Gasteiger partial charge in [0.25, 0.3) is 0 Å². The van der Waals surface area contributed by atoms with Gasteiger partial charge >= 0.3 is 0 Å². The van der Waals surface area contributed by atoms with Crippen molar-refractivity contribution in [1.29, 1.82) is 0 Å². The van der Waals surface area contributed by atoms with E-state index in [1.807, 2.05) is 0 Å². The van der Waals surface area contributed by atoms with E-state index in [0.29, 0.717) is 0 Å². The third kappa shape index (κ3) is 12.9. The molecule has 2 heterocycles. The molecule has 0 saturated carbocycles. The van der Waals surface area contributed by atoms with Gasteiger partial charge in [0.15, 0.2) is 10.5 Å². The van der Waals surface area contributed by atoms with E-state index in [4.69, 9.17) is 10.2 Å². The fourth-order valence-electron chi connectivity index (χ4n) is 4.73. The van der Waals surface area contributed by atoms with Gasteiger partial charge in [-0.3, -0.25) is 8.37 Å². The third-order valence-corrected chi connectivity index (χ3v) is 13.7. The lowest BCUT2D eigenvalue weighted by Gasteiger charge is -2.28. The molecule has 14 atom stereocenters. The van der Waals surface area contributed by atoms with Crippen LogP contribution < -0.4 is 0 Å². The van der Waals surface area contributed by atoms with Crippen LogP contribution in [0.3, 0.4) is 0 Å². The molecular weight excluding hydrogens is 684 g/mol. The largest absolute Gasteiger partial charge is 0.726 e. The number of aliphatic hydroxyl groups excluding tert-OH is 11. The van der Waals surface area contributed by atoms with E-state index in [9.17, 15) is 71.9 Å². The Bertz CT molecular complexity index is 968. The number of aliphatic hydroxyl groups is 11. The van der Waals surface area contributed by atoms with Crippen molar-refractivity contribution in [2.45, 2.75) is 72.4 Å². The van der Waals surface area contributed by atoms with Gasteiger partial charge < -0.3 is 65.3 Å². The van der Waals surface area contributed by atoms with E-state index in [0.717, 1.165) is 0 Å². The monoisotopic (exact) mass is 726 g/mol. The second-order valence-corrected chi connectivity index (χ2v) is 17.0. The maximum absolute atomic E-state index is 10.7. The average molecular weight is 727 g/mol. The van der Waals surface area contributed by atoms with E-state index in [2.05, 4.69) is 8.37 Å². The van der Waals surface area contributed by atoms with Crippen molar-refractivity contribution in [3.05, 3.63) is 0 Å². The highest BCUT2D eigenvalue weighted by atomic mass is 32.3. The smallest absolute Gasteiger partial charge is 0.218 e. The lowest BCUT2D eigenvalue weighted by Crippen LogP contribution is -2.47. The molecule has 2 unspecified atom stereocenters. The van der Waals surface area contributed by atoms with Gasteiger partial charge in [0.05, 0.1) is 26.4 Å². The van der Waals surface area contributed by atoms with Crippen LogP contribution in [0.1, 0.15) is 6.92 Å². The predicted molar refractivity (Wildman–Crippen MR) is 150 cm³/mol. The molecule has 2 saturated heterocycles. The summed E-state index contributed by atoms with van der Waals surface area (Å²) in [6.07, 6.45) is -12.7. The Labute approximate surface area is 260 Å². The number of hydrogen-bond donors (Lipinski definition) is 11. The van der Waals surface area contributed by atoms with Crippen LogP contribution in [0.2, 0.25) is 0 Å². The van der Waals surface area contributed by atoms with Gasteiger partial charge in [-0.25, -0.2) is 16.8 Å². The minimum atomic E-state index is -5.22. The Morgan fingerprint density at radius 3 is 1.41 bits per heavy atom. The summed E-state index contributed by atoms with van der Waals surface area (Å²) in [6, 6.07) is 0. The SMILES string of the molecule is C[C@H](C[S+]1C[C@@H](O)[C@H](O)[C@H]1CO)[C@@H](OS(=O)(=O)[O-])[C@H](O)CO.O=S(=O)([O-])O[C@@H]([C@H](O)CO)[C@H](O)C[S+]1C[C@@H](O)[C@H](O)[C@H]1CO. The fraction of sp³-hybridized carbons (Fsp3) is 1.00. The van der Waals surface area contributed by atoms with Gasteiger partial charge in [0.1, 0.15) is 77.9 Å². The zero-order valence-corrected chi connectivity index (χ0v) is 26.7. The average Bonchev–Trinajstić information content (AvgIpc) is 3.35. The molecule has 0 aromatic heterocycles. The van der Waals surface area contributed by atoms with Gasteiger partial charge in [-0.2, -0.15) is 0 Å². The van der Waals surface area contributed by atoms with Gasteiger partial charge in [-0.1, -0.05) is 6.92 Å². The highest BCUT2D eigenvalue weighted by Crippen LogP contribution is 2.28. The van der Waals surface area contributed by atoms with Crippen LogP contribution >= 0.6 is 0 Å². The zero-order valence-electron chi connectivity index (χ0n) is 23.4. The standard InChI is InChI=1S/C11H22O9S2.C10H20O10S2/c1-6(11(7(14)2-12)20-22(17,18)19)4-21-5-8(15)10(16)9(21)3-13;11-1-5(13)10(20-22(17,18)19)7(15)4-21-3-6(14)9(16)8(21)2-12/h6-16H,2-5H2,1H3;5-16H,1-4H2/t6-,7-,8-,9-,10+,11-,21?;5-,6-,7-,8-,9+,10+,21?/m11/s1. The molecule has 44 heavy (non-hydrogen) atoms. The van der Waals surface area contributed by atoms with E-state index < -0.39 is 134 Å². The first-order valence-corrected chi connectivity index (χ1v) is 18.9. The van der Waals surface area contributed by atoms with Crippen LogP contribution in [0.4, 0.5) is 0 Å². The molecule has 0 radical (unpaired) electrons. The normalized spacial score (nSPS) is 33.6. The first kappa shape index (κ1) is 42.0. The molecule has 0 aliphatic carbocycles. The predicted octanol–water partition coefficient (Wildman–Crippen LogP) is -8.20. The van der Waals surface area contributed by atoms with Crippen LogP contribution in [0.25, 0.3) is 0 Å². The zero-order chi connectivity index (χ0) is 34.2. The molecule has 264 valence electrons. The molecule has 2 fully saturated rings. The number of hydrogen-bond acceptors (Lipinski definition) is 19. The van der Waals surface area contributed by atoms with Crippen molar-refractivity contribution >= 4 is 42.6 Å². The third-order valence-electron chi connectivity index (χ3n) is 6.93. The molecule has 2 aliphatic heterocycles. The summed E-state index contributed by atoms with van der Waals surface area (Å²) < 4.78 is 72.5. The molecule has 0 amide bonds. The fourth-order valence-corrected chi connectivity index (χ4v) is 11.5. The summed E-state index contributed by atoms with van der Waals surface area (Å²) >= 11 is 0. The van der Waals surface area contributed by atoms with Crippen molar-refractivity contribution in [2.75, 3.05) is 49.4 Å². The lowest BCUT2D eigenvalue weighted by atomic mass is 10.0. The molecule has 0 spiro atoms. The Morgan fingerprint density at radius 2 is 1.05 bits per heavy atom. The highest BCUT2D eigenvalue weighted by molar-refractivity contribution is 7.98. The number of rotatable bonds is 16. The van der Waals surface area contributed by atoms with Gasteiger partial charge in [0, 0.05) is 16.8 Å². The minimum Gasteiger partial charge on any atom is -0.726 e. The quantitative estimate of drug-likeness (QED) is 0.0399. The van der Waals surface area contributed by atoms with Crippen molar-refractivity contribution in [2.24, 2.45) is 5.92 Å². The molecule has 23 heteroatoms. The summed E-state index contributed by atoms with van der Waals surface area (Å²) in [5, 5.41) is 103. The van der Waals surface area contributed by atoms with Crippen LogP contribution in [-0.2, 0) is 51.0 Å². The maximum Gasteiger partial charge on any atom is 0.218 e.